The third-order valence-corrected chi connectivity index (χ3v) is 2.61. The van der Waals surface area contributed by atoms with E-state index in [1.807, 2.05) is 32.0 Å². The molecule has 1 aromatic rings. The first-order valence-corrected chi connectivity index (χ1v) is 6.01. The van der Waals surface area contributed by atoms with Crippen molar-refractivity contribution in [2.75, 3.05) is 13.7 Å². The molecule has 0 heterocycles. The van der Waals surface area contributed by atoms with Crippen molar-refractivity contribution in [3.63, 3.8) is 0 Å². The second kappa shape index (κ2) is 6.84. The second-order valence-corrected chi connectivity index (χ2v) is 4.38. The van der Waals surface area contributed by atoms with Crippen molar-refractivity contribution in [2.24, 2.45) is 5.92 Å². The SMILES string of the molecule is C=CCOc1cc(CC(=O)C(C)C)ccc1OC. The van der Waals surface area contributed by atoms with E-state index in [1.165, 1.54) is 0 Å². The van der Waals surface area contributed by atoms with E-state index < -0.39 is 0 Å². The zero-order chi connectivity index (χ0) is 13.5. The van der Waals surface area contributed by atoms with Crippen LogP contribution in [0.5, 0.6) is 11.5 Å². The standard InChI is InChI=1S/C15H20O3/c1-5-8-18-15-10-12(6-7-14(15)17-4)9-13(16)11(2)3/h5-7,10-11H,1,8-9H2,2-4H3. The maximum absolute atomic E-state index is 11.7. The minimum absolute atomic E-state index is 0.0460. The van der Waals surface area contributed by atoms with E-state index in [2.05, 4.69) is 6.58 Å². The van der Waals surface area contributed by atoms with Crippen molar-refractivity contribution in [2.45, 2.75) is 20.3 Å². The smallest absolute Gasteiger partial charge is 0.161 e. The lowest BCUT2D eigenvalue weighted by Crippen LogP contribution is -2.10. The molecule has 0 aliphatic rings. The highest BCUT2D eigenvalue weighted by molar-refractivity contribution is 5.82. The van der Waals surface area contributed by atoms with Crippen LogP contribution in [0.15, 0.2) is 30.9 Å². The highest BCUT2D eigenvalue weighted by atomic mass is 16.5. The lowest BCUT2D eigenvalue weighted by atomic mass is 10.0. The fourth-order valence-electron chi connectivity index (χ4n) is 1.50. The zero-order valence-corrected chi connectivity index (χ0v) is 11.2. The molecule has 0 fully saturated rings. The fraction of sp³-hybridized carbons (Fsp3) is 0.400. The molecule has 98 valence electrons. The quantitative estimate of drug-likeness (QED) is 0.696. The molecule has 3 heteroatoms. The number of benzene rings is 1. The highest BCUT2D eigenvalue weighted by Crippen LogP contribution is 2.28. The Morgan fingerprint density at radius 3 is 2.67 bits per heavy atom. The van der Waals surface area contributed by atoms with Crippen molar-refractivity contribution in [1.29, 1.82) is 0 Å². The predicted molar refractivity (Wildman–Crippen MR) is 72.2 cm³/mol. The molecule has 0 aliphatic heterocycles. The van der Waals surface area contributed by atoms with Crippen molar-refractivity contribution in [3.8, 4) is 11.5 Å². The Bertz CT molecular complexity index is 422. The normalized spacial score (nSPS) is 10.2. The van der Waals surface area contributed by atoms with Gasteiger partial charge in [0.1, 0.15) is 12.4 Å². The van der Waals surface area contributed by atoms with E-state index in [-0.39, 0.29) is 11.7 Å². The summed E-state index contributed by atoms with van der Waals surface area (Å²) in [6.07, 6.45) is 2.09. The largest absolute Gasteiger partial charge is 0.493 e. The molecule has 1 rings (SSSR count). The van der Waals surface area contributed by atoms with Gasteiger partial charge in [-0.05, 0) is 17.7 Å². The van der Waals surface area contributed by atoms with Crippen LogP contribution in [0.1, 0.15) is 19.4 Å². The van der Waals surface area contributed by atoms with Crippen LogP contribution in [0.2, 0.25) is 0 Å². The molecular weight excluding hydrogens is 228 g/mol. The molecule has 0 N–H and O–H groups in total. The van der Waals surface area contributed by atoms with Crippen LogP contribution in [0.3, 0.4) is 0 Å². The molecule has 0 aliphatic carbocycles. The number of methoxy groups -OCH3 is 1. The third-order valence-electron chi connectivity index (χ3n) is 2.61. The highest BCUT2D eigenvalue weighted by Gasteiger charge is 2.11. The summed E-state index contributed by atoms with van der Waals surface area (Å²) < 4.78 is 10.7. The summed E-state index contributed by atoms with van der Waals surface area (Å²) in [5.41, 5.74) is 0.938. The van der Waals surface area contributed by atoms with Crippen LogP contribution < -0.4 is 9.47 Å². The van der Waals surface area contributed by atoms with Crippen LogP contribution >= 0.6 is 0 Å². The van der Waals surface area contributed by atoms with Gasteiger partial charge in [-0.3, -0.25) is 4.79 Å². The van der Waals surface area contributed by atoms with E-state index in [9.17, 15) is 4.79 Å². The summed E-state index contributed by atoms with van der Waals surface area (Å²) in [5.74, 6) is 1.57. The first-order valence-electron chi connectivity index (χ1n) is 6.01. The van der Waals surface area contributed by atoms with Gasteiger partial charge in [-0.15, -0.1) is 0 Å². The monoisotopic (exact) mass is 248 g/mol. The van der Waals surface area contributed by atoms with Gasteiger partial charge in [0.2, 0.25) is 0 Å². The zero-order valence-electron chi connectivity index (χ0n) is 11.2. The number of hydrogen-bond acceptors (Lipinski definition) is 3. The summed E-state index contributed by atoms with van der Waals surface area (Å²) in [4.78, 5) is 11.7. The number of carbonyl (C=O) groups excluding carboxylic acids is 1. The Kier molecular flexibility index (Phi) is 5.43. The van der Waals surface area contributed by atoms with E-state index >= 15 is 0 Å². The van der Waals surface area contributed by atoms with E-state index in [0.29, 0.717) is 24.5 Å². The van der Waals surface area contributed by atoms with E-state index in [1.54, 1.807) is 13.2 Å². The average molecular weight is 248 g/mol. The number of ether oxygens (including phenoxy) is 2. The lowest BCUT2D eigenvalue weighted by Gasteiger charge is -2.11. The van der Waals surface area contributed by atoms with Gasteiger partial charge in [-0.25, -0.2) is 0 Å². The molecular formula is C15H20O3. The molecule has 0 unspecified atom stereocenters. The van der Waals surface area contributed by atoms with Crippen molar-refractivity contribution in [3.05, 3.63) is 36.4 Å². The van der Waals surface area contributed by atoms with Crippen molar-refractivity contribution in [1.82, 2.24) is 0 Å². The number of rotatable bonds is 7. The molecule has 3 nitrogen and oxygen atoms in total. The molecule has 0 atom stereocenters. The summed E-state index contributed by atoms with van der Waals surface area (Å²) >= 11 is 0. The Morgan fingerprint density at radius 2 is 2.11 bits per heavy atom. The minimum atomic E-state index is 0.0460. The number of carbonyl (C=O) groups is 1. The van der Waals surface area contributed by atoms with Gasteiger partial charge >= 0.3 is 0 Å². The molecule has 0 spiro atoms. The summed E-state index contributed by atoms with van der Waals surface area (Å²) in [6.45, 7) is 7.83. The molecule has 0 aromatic heterocycles. The maximum atomic E-state index is 11.7. The molecule has 1 aromatic carbocycles. The molecule has 0 radical (unpaired) electrons. The Labute approximate surface area is 108 Å². The average Bonchev–Trinajstić information content (AvgIpc) is 2.36. The third kappa shape index (κ3) is 3.91. The van der Waals surface area contributed by atoms with Crippen LogP contribution in [0, 0.1) is 5.92 Å². The van der Waals surface area contributed by atoms with Gasteiger partial charge < -0.3 is 9.47 Å². The molecule has 0 amide bonds. The lowest BCUT2D eigenvalue weighted by molar-refractivity contribution is -0.121. The Balaban J connectivity index is 2.87. The van der Waals surface area contributed by atoms with Crippen LogP contribution in [-0.4, -0.2) is 19.5 Å². The Morgan fingerprint density at radius 1 is 1.39 bits per heavy atom. The first kappa shape index (κ1) is 14.3. The summed E-state index contributed by atoms with van der Waals surface area (Å²) in [5, 5.41) is 0. The van der Waals surface area contributed by atoms with Gasteiger partial charge in [-0.2, -0.15) is 0 Å². The van der Waals surface area contributed by atoms with Crippen molar-refractivity contribution < 1.29 is 14.3 Å². The van der Waals surface area contributed by atoms with Crippen molar-refractivity contribution >= 4 is 5.78 Å². The van der Waals surface area contributed by atoms with Crippen LogP contribution in [0.4, 0.5) is 0 Å². The Hall–Kier alpha value is -1.77. The van der Waals surface area contributed by atoms with E-state index in [4.69, 9.17) is 9.47 Å². The second-order valence-electron chi connectivity index (χ2n) is 4.38. The van der Waals surface area contributed by atoms with Gasteiger partial charge in [-0.1, -0.05) is 32.6 Å². The fourth-order valence-corrected chi connectivity index (χ4v) is 1.50. The van der Waals surface area contributed by atoms with Gasteiger partial charge in [0.15, 0.2) is 11.5 Å². The maximum Gasteiger partial charge on any atom is 0.161 e. The first-order chi connectivity index (χ1) is 8.58. The molecule has 0 saturated carbocycles. The summed E-state index contributed by atoms with van der Waals surface area (Å²) in [6, 6.07) is 5.56. The molecule has 0 saturated heterocycles. The minimum Gasteiger partial charge on any atom is -0.493 e. The number of Topliss-reactive ketones (excluding diaryl/α,β-unsaturated/α-hetero) is 1. The number of hydrogen-bond donors (Lipinski definition) is 0. The topological polar surface area (TPSA) is 35.5 Å². The van der Waals surface area contributed by atoms with Gasteiger partial charge in [0.25, 0.3) is 0 Å². The van der Waals surface area contributed by atoms with Gasteiger partial charge in [0, 0.05) is 12.3 Å². The summed E-state index contributed by atoms with van der Waals surface area (Å²) in [7, 11) is 1.59. The van der Waals surface area contributed by atoms with Crippen LogP contribution in [0.25, 0.3) is 0 Å². The predicted octanol–water partition coefficient (Wildman–Crippen LogP) is 3.03. The van der Waals surface area contributed by atoms with E-state index in [0.717, 1.165) is 5.56 Å². The van der Waals surface area contributed by atoms with Gasteiger partial charge in [0.05, 0.1) is 7.11 Å². The molecule has 18 heavy (non-hydrogen) atoms. The molecule has 0 bridgehead atoms. The van der Waals surface area contributed by atoms with Crippen LogP contribution in [-0.2, 0) is 11.2 Å². The number of ketones is 1.